The van der Waals surface area contributed by atoms with Crippen molar-refractivity contribution in [1.82, 2.24) is 14.2 Å². The molecule has 0 aliphatic heterocycles. The van der Waals surface area contributed by atoms with Crippen molar-refractivity contribution in [2.45, 2.75) is 33.0 Å². The Balaban J connectivity index is 1.72. The van der Waals surface area contributed by atoms with Crippen molar-refractivity contribution in [2.24, 2.45) is 5.10 Å². The molecule has 5 rings (SSSR count). The van der Waals surface area contributed by atoms with Crippen molar-refractivity contribution >= 4 is 34.0 Å². The van der Waals surface area contributed by atoms with E-state index in [4.69, 9.17) is 4.74 Å². The van der Waals surface area contributed by atoms with E-state index in [-0.39, 0.29) is 23.4 Å². The predicted molar refractivity (Wildman–Crippen MR) is 147 cm³/mol. The number of aromatic nitrogens is 3. The third-order valence-corrected chi connectivity index (χ3v) is 6.72. The number of esters is 1. The molecule has 2 heterocycles. The van der Waals surface area contributed by atoms with Gasteiger partial charge < -0.3 is 9.30 Å². The van der Waals surface area contributed by atoms with Gasteiger partial charge in [0.2, 0.25) is 0 Å². The lowest BCUT2D eigenvalue weighted by atomic mass is 10.1. The van der Waals surface area contributed by atoms with Crippen LogP contribution in [0.5, 0.6) is 0 Å². The van der Waals surface area contributed by atoms with Crippen LogP contribution in [0.4, 0.5) is 13.2 Å². The molecule has 1 atom stereocenters. The normalized spacial score (nSPS) is 12.8. The summed E-state index contributed by atoms with van der Waals surface area (Å²) < 4.78 is 48.6. The fraction of sp³-hybridized carbons (Fsp3) is 0.200. The lowest BCUT2D eigenvalue weighted by molar-refractivity contribution is -0.146. The van der Waals surface area contributed by atoms with Crippen molar-refractivity contribution < 1.29 is 22.7 Å². The van der Waals surface area contributed by atoms with Crippen LogP contribution in [0.2, 0.25) is 0 Å². The van der Waals surface area contributed by atoms with Gasteiger partial charge in [0, 0.05) is 27.7 Å². The molecule has 0 spiro atoms. The number of alkyl halides is 3. The van der Waals surface area contributed by atoms with Crippen molar-refractivity contribution in [3.05, 3.63) is 100.0 Å². The molecule has 0 saturated carbocycles. The van der Waals surface area contributed by atoms with E-state index >= 15 is 0 Å². The van der Waals surface area contributed by atoms with Gasteiger partial charge in [-0.05, 0) is 51.1 Å². The van der Waals surface area contributed by atoms with Crippen LogP contribution in [0.1, 0.15) is 36.7 Å². The maximum absolute atomic E-state index is 13.6. The largest absolute Gasteiger partial charge is 0.464 e. The van der Waals surface area contributed by atoms with E-state index in [1.54, 1.807) is 38.1 Å². The zero-order valence-electron chi connectivity index (χ0n) is 21.9. The molecule has 5 aromatic rings. The summed E-state index contributed by atoms with van der Waals surface area (Å²) in [6.45, 7) is 5.54. The molecule has 0 bridgehead atoms. The fourth-order valence-corrected chi connectivity index (χ4v) is 4.81. The Labute approximate surface area is 227 Å². The standard InChI is InChI=1S/C30H25F3N4O3/c1-4-40-29(39)19(3)36-18(2)24(22-12-6-8-15-26(22)36)17-34-37-27(20-10-9-11-21(16-20)30(31,32)33)35-25-14-7-5-13-23(25)28(37)38/h5-17,19H,4H2,1-3H3/t19-/m0/s1. The second-order valence-corrected chi connectivity index (χ2v) is 9.21. The fourth-order valence-electron chi connectivity index (χ4n) is 4.81. The lowest BCUT2D eigenvalue weighted by Gasteiger charge is -2.16. The molecule has 0 radical (unpaired) electrons. The summed E-state index contributed by atoms with van der Waals surface area (Å²) >= 11 is 0. The van der Waals surface area contributed by atoms with Gasteiger partial charge in [0.05, 0.1) is 29.3 Å². The molecule has 2 aromatic heterocycles. The molecule has 7 nitrogen and oxygen atoms in total. The zero-order chi connectivity index (χ0) is 28.6. The highest BCUT2D eigenvalue weighted by atomic mass is 19.4. The molecule has 0 saturated heterocycles. The summed E-state index contributed by atoms with van der Waals surface area (Å²) in [4.78, 5) is 30.7. The number of rotatable bonds is 6. The van der Waals surface area contributed by atoms with E-state index in [0.717, 1.165) is 27.7 Å². The zero-order valence-corrected chi connectivity index (χ0v) is 21.9. The number of halogens is 3. The van der Waals surface area contributed by atoms with Crippen molar-refractivity contribution in [3.8, 4) is 11.4 Å². The number of para-hydroxylation sites is 2. The first-order valence-corrected chi connectivity index (χ1v) is 12.6. The first-order chi connectivity index (χ1) is 19.1. The highest BCUT2D eigenvalue weighted by molar-refractivity contribution is 6.02. The van der Waals surface area contributed by atoms with E-state index < -0.39 is 29.3 Å². The predicted octanol–water partition coefficient (Wildman–Crippen LogP) is 6.35. The van der Waals surface area contributed by atoms with E-state index in [1.807, 2.05) is 35.8 Å². The van der Waals surface area contributed by atoms with Gasteiger partial charge in [-0.25, -0.2) is 9.78 Å². The summed E-state index contributed by atoms with van der Waals surface area (Å²) in [5.41, 5.74) is 1.14. The molecule has 0 amide bonds. The topological polar surface area (TPSA) is 78.5 Å². The van der Waals surface area contributed by atoms with Gasteiger partial charge in [-0.1, -0.05) is 42.5 Å². The Kier molecular flexibility index (Phi) is 7.01. The Hall–Kier alpha value is -4.73. The molecule has 3 aromatic carbocycles. The molecule has 204 valence electrons. The Morgan fingerprint density at radius 2 is 1.75 bits per heavy atom. The molecule has 0 unspecified atom stereocenters. The minimum atomic E-state index is -4.57. The molecular weight excluding hydrogens is 521 g/mol. The first kappa shape index (κ1) is 26.9. The van der Waals surface area contributed by atoms with E-state index in [2.05, 4.69) is 10.1 Å². The minimum Gasteiger partial charge on any atom is -0.464 e. The summed E-state index contributed by atoms with van der Waals surface area (Å²) in [6.07, 6.45) is -3.10. The van der Waals surface area contributed by atoms with Gasteiger partial charge in [0.15, 0.2) is 5.82 Å². The van der Waals surface area contributed by atoms with Crippen LogP contribution >= 0.6 is 0 Å². The number of hydrogen-bond donors (Lipinski definition) is 0. The average Bonchev–Trinajstić information content (AvgIpc) is 3.22. The third-order valence-electron chi connectivity index (χ3n) is 6.72. The van der Waals surface area contributed by atoms with Crippen LogP contribution < -0.4 is 5.56 Å². The number of fused-ring (bicyclic) bond motifs is 2. The highest BCUT2D eigenvalue weighted by Crippen LogP contribution is 2.32. The van der Waals surface area contributed by atoms with E-state index in [0.29, 0.717) is 16.8 Å². The summed E-state index contributed by atoms with van der Waals surface area (Å²) in [6, 6.07) is 18.0. The quantitative estimate of drug-likeness (QED) is 0.184. The van der Waals surface area contributed by atoms with Gasteiger partial charge in [-0.3, -0.25) is 4.79 Å². The van der Waals surface area contributed by atoms with Crippen LogP contribution in [-0.4, -0.2) is 33.0 Å². The summed E-state index contributed by atoms with van der Waals surface area (Å²) in [5, 5.41) is 5.51. The van der Waals surface area contributed by atoms with Crippen molar-refractivity contribution in [2.75, 3.05) is 6.61 Å². The number of nitrogens with zero attached hydrogens (tertiary/aromatic N) is 4. The smallest absolute Gasteiger partial charge is 0.416 e. The maximum atomic E-state index is 13.6. The first-order valence-electron chi connectivity index (χ1n) is 12.6. The van der Waals surface area contributed by atoms with Crippen LogP contribution in [0.25, 0.3) is 33.2 Å². The van der Waals surface area contributed by atoms with Gasteiger partial charge in [-0.15, -0.1) is 0 Å². The minimum absolute atomic E-state index is 0.0349. The molecule has 0 N–H and O–H groups in total. The van der Waals surface area contributed by atoms with Crippen molar-refractivity contribution in [3.63, 3.8) is 0 Å². The number of ether oxygens (including phenoxy) is 1. The second-order valence-electron chi connectivity index (χ2n) is 9.21. The second kappa shape index (κ2) is 10.4. The number of carbonyl (C=O) groups excluding carboxylic acids is 1. The average molecular weight is 547 g/mol. The van der Waals surface area contributed by atoms with E-state index in [9.17, 15) is 22.8 Å². The lowest BCUT2D eigenvalue weighted by Crippen LogP contribution is -2.21. The van der Waals surface area contributed by atoms with Crippen LogP contribution in [0.15, 0.2) is 82.7 Å². The number of carbonyl (C=O) groups is 1. The molecule has 40 heavy (non-hydrogen) atoms. The van der Waals surface area contributed by atoms with E-state index in [1.165, 1.54) is 18.3 Å². The Bertz CT molecular complexity index is 1840. The number of hydrogen-bond acceptors (Lipinski definition) is 5. The summed E-state index contributed by atoms with van der Waals surface area (Å²) in [7, 11) is 0. The number of benzene rings is 3. The SMILES string of the molecule is CCOC(=O)[C@H](C)n1c(C)c(C=Nn2c(-c3cccc(C(F)(F)F)c3)nc3ccccc3c2=O)c2ccccc21. The molecular formula is C30H25F3N4O3. The monoisotopic (exact) mass is 546 g/mol. The maximum Gasteiger partial charge on any atom is 0.416 e. The highest BCUT2D eigenvalue weighted by Gasteiger charge is 2.31. The summed E-state index contributed by atoms with van der Waals surface area (Å²) in [5.74, 6) is -0.427. The van der Waals surface area contributed by atoms with Crippen LogP contribution in [0, 0.1) is 6.92 Å². The van der Waals surface area contributed by atoms with Crippen molar-refractivity contribution in [1.29, 1.82) is 0 Å². The molecule has 0 fully saturated rings. The molecule has 0 aliphatic rings. The molecule has 10 heteroatoms. The van der Waals surface area contributed by atoms with Gasteiger partial charge in [0.25, 0.3) is 5.56 Å². The van der Waals surface area contributed by atoms with Gasteiger partial charge in [-0.2, -0.15) is 22.9 Å². The van der Waals surface area contributed by atoms with Gasteiger partial charge >= 0.3 is 12.1 Å². The van der Waals surface area contributed by atoms with Crippen LogP contribution in [-0.2, 0) is 15.7 Å². The van der Waals surface area contributed by atoms with Gasteiger partial charge in [0.1, 0.15) is 6.04 Å². The molecule has 0 aliphatic carbocycles. The Morgan fingerprint density at radius 3 is 2.48 bits per heavy atom. The van der Waals surface area contributed by atoms with Crippen LogP contribution in [0.3, 0.4) is 0 Å². The third kappa shape index (κ3) is 4.76. The Morgan fingerprint density at radius 1 is 1.05 bits per heavy atom.